The van der Waals surface area contributed by atoms with Crippen LogP contribution in [0, 0.1) is 5.82 Å². The zero-order valence-electron chi connectivity index (χ0n) is 13.1. The molecule has 0 unspecified atom stereocenters. The van der Waals surface area contributed by atoms with Crippen LogP contribution in [-0.4, -0.2) is 16.0 Å². The smallest absolute Gasteiger partial charge is 0.323 e. The van der Waals surface area contributed by atoms with Gasteiger partial charge in [0.1, 0.15) is 6.61 Å². The molecule has 0 bridgehead atoms. The predicted molar refractivity (Wildman–Crippen MR) is 91.8 cm³/mol. The maximum Gasteiger partial charge on any atom is 0.323 e. The Hall–Kier alpha value is -3.48. The van der Waals surface area contributed by atoms with Gasteiger partial charge >= 0.3 is 6.03 Å². The van der Waals surface area contributed by atoms with Crippen LogP contribution < -0.4 is 15.4 Å². The molecule has 0 aliphatic heterocycles. The lowest BCUT2D eigenvalue weighted by Gasteiger charge is -2.10. The molecule has 0 saturated carbocycles. The van der Waals surface area contributed by atoms with Gasteiger partial charge in [-0.15, -0.1) is 0 Å². The van der Waals surface area contributed by atoms with Gasteiger partial charge in [0, 0.05) is 24.1 Å². The number of ether oxygens (including phenoxy) is 1. The zero-order valence-corrected chi connectivity index (χ0v) is 13.1. The number of benzene rings is 1. The van der Waals surface area contributed by atoms with Crippen LogP contribution in [0.4, 0.5) is 20.6 Å². The zero-order chi connectivity index (χ0) is 17.5. The lowest BCUT2D eigenvalue weighted by Crippen LogP contribution is -2.19. The topological polar surface area (TPSA) is 76.1 Å². The van der Waals surface area contributed by atoms with Gasteiger partial charge in [-0.05, 0) is 36.4 Å². The van der Waals surface area contributed by atoms with Crippen molar-refractivity contribution in [2.45, 2.75) is 6.61 Å². The molecular formula is C18H15FN4O2. The molecule has 0 radical (unpaired) electrons. The summed E-state index contributed by atoms with van der Waals surface area (Å²) in [5.41, 5.74) is 1.54. The first kappa shape index (κ1) is 16.4. The molecule has 126 valence electrons. The Labute approximate surface area is 143 Å². The van der Waals surface area contributed by atoms with E-state index in [0.29, 0.717) is 17.1 Å². The Morgan fingerprint density at radius 2 is 1.92 bits per heavy atom. The van der Waals surface area contributed by atoms with Gasteiger partial charge in [0.25, 0.3) is 0 Å². The second kappa shape index (κ2) is 7.87. The molecule has 0 spiro atoms. The van der Waals surface area contributed by atoms with Crippen LogP contribution in [-0.2, 0) is 6.61 Å². The number of nitrogens with zero attached hydrogens (tertiary/aromatic N) is 2. The van der Waals surface area contributed by atoms with Crippen LogP contribution in [0.5, 0.6) is 5.75 Å². The summed E-state index contributed by atoms with van der Waals surface area (Å²) in [7, 11) is 0. The van der Waals surface area contributed by atoms with E-state index in [9.17, 15) is 9.18 Å². The van der Waals surface area contributed by atoms with Crippen LogP contribution >= 0.6 is 0 Å². The second-order valence-electron chi connectivity index (χ2n) is 5.08. The maximum absolute atomic E-state index is 14.1. The average Bonchev–Trinajstić information content (AvgIpc) is 2.63. The molecule has 3 aromatic rings. The van der Waals surface area contributed by atoms with Gasteiger partial charge in [-0.1, -0.05) is 6.07 Å². The number of hydrogen-bond acceptors (Lipinski definition) is 4. The third-order valence-electron chi connectivity index (χ3n) is 3.21. The summed E-state index contributed by atoms with van der Waals surface area (Å²) in [6.45, 7) is 0.159. The number of pyridine rings is 2. The summed E-state index contributed by atoms with van der Waals surface area (Å²) in [5, 5.41) is 5.14. The van der Waals surface area contributed by atoms with Crippen molar-refractivity contribution in [2.24, 2.45) is 0 Å². The molecule has 0 saturated heterocycles. The third kappa shape index (κ3) is 4.74. The molecule has 25 heavy (non-hydrogen) atoms. The van der Waals surface area contributed by atoms with Crippen molar-refractivity contribution >= 4 is 17.4 Å². The highest BCUT2D eigenvalue weighted by Gasteiger charge is 2.08. The number of hydrogen-bond donors (Lipinski definition) is 2. The number of rotatable bonds is 5. The number of halogens is 1. The first-order chi connectivity index (χ1) is 12.2. The molecule has 3 rings (SSSR count). The van der Waals surface area contributed by atoms with E-state index in [2.05, 4.69) is 20.6 Å². The van der Waals surface area contributed by atoms with Crippen molar-refractivity contribution in [3.63, 3.8) is 0 Å². The van der Waals surface area contributed by atoms with Gasteiger partial charge in [-0.25, -0.2) is 9.18 Å². The summed E-state index contributed by atoms with van der Waals surface area (Å²) >= 11 is 0. The molecule has 2 heterocycles. The van der Waals surface area contributed by atoms with E-state index >= 15 is 0 Å². The molecule has 1 aromatic carbocycles. The van der Waals surface area contributed by atoms with Gasteiger partial charge < -0.3 is 15.4 Å². The van der Waals surface area contributed by atoms with E-state index in [1.165, 1.54) is 18.3 Å². The second-order valence-corrected chi connectivity index (χ2v) is 5.08. The molecule has 0 atom stereocenters. The van der Waals surface area contributed by atoms with E-state index in [4.69, 9.17) is 4.74 Å². The summed E-state index contributed by atoms with van der Waals surface area (Å²) in [6.07, 6.45) is 4.75. The van der Waals surface area contributed by atoms with Gasteiger partial charge in [0.05, 0.1) is 17.6 Å². The van der Waals surface area contributed by atoms with Gasteiger partial charge in [-0.2, -0.15) is 0 Å². The van der Waals surface area contributed by atoms with Crippen LogP contribution in [0.1, 0.15) is 5.69 Å². The Morgan fingerprint density at radius 3 is 2.64 bits per heavy atom. The van der Waals surface area contributed by atoms with Crippen LogP contribution in [0.25, 0.3) is 0 Å². The molecule has 0 aliphatic carbocycles. The van der Waals surface area contributed by atoms with Crippen molar-refractivity contribution < 1.29 is 13.9 Å². The lowest BCUT2D eigenvalue weighted by atomic mass is 10.3. The minimum absolute atomic E-state index is 0.0869. The standard InChI is InChI=1S/C18H15FN4O2/c19-16-10-13(22-18(24)23-14-5-3-8-20-11-14)6-7-17(16)25-12-15-4-1-2-9-21-15/h1-11H,12H2,(H2,22,23,24). The molecule has 2 N–H and O–H groups in total. The minimum atomic E-state index is -0.574. The molecule has 7 heteroatoms. The van der Waals surface area contributed by atoms with Crippen molar-refractivity contribution in [1.29, 1.82) is 0 Å². The molecule has 6 nitrogen and oxygen atoms in total. The maximum atomic E-state index is 14.1. The number of nitrogens with one attached hydrogen (secondary N) is 2. The summed E-state index contributed by atoms with van der Waals surface area (Å²) < 4.78 is 19.5. The molecule has 0 aliphatic rings. The van der Waals surface area contributed by atoms with Crippen LogP contribution in [0.3, 0.4) is 0 Å². The van der Waals surface area contributed by atoms with Crippen LogP contribution in [0.2, 0.25) is 0 Å². The van der Waals surface area contributed by atoms with Crippen molar-refractivity contribution in [1.82, 2.24) is 9.97 Å². The van der Waals surface area contributed by atoms with E-state index in [1.807, 2.05) is 6.07 Å². The summed E-state index contributed by atoms with van der Waals surface area (Å²) in [5.74, 6) is -0.487. The number of urea groups is 1. The molecule has 0 fully saturated rings. The third-order valence-corrected chi connectivity index (χ3v) is 3.21. The SMILES string of the molecule is O=C(Nc1cccnc1)Nc1ccc(OCc2ccccn2)c(F)c1. The van der Waals surface area contributed by atoms with E-state index in [-0.39, 0.29) is 12.4 Å². The van der Waals surface area contributed by atoms with Crippen LogP contribution in [0.15, 0.2) is 67.1 Å². The van der Waals surface area contributed by atoms with E-state index in [1.54, 1.807) is 42.7 Å². The highest BCUT2D eigenvalue weighted by molar-refractivity contribution is 5.99. The number of aromatic nitrogens is 2. The highest BCUT2D eigenvalue weighted by atomic mass is 19.1. The van der Waals surface area contributed by atoms with Crippen molar-refractivity contribution in [2.75, 3.05) is 10.6 Å². The quantitative estimate of drug-likeness (QED) is 0.741. The fraction of sp³-hybridized carbons (Fsp3) is 0.0556. The fourth-order valence-electron chi connectivity index (χ4n) is 2.06. The monoisotopic (exact) mass is 338 g/mol. The Bertz CT molecular complexity index is 844. The number of amides is 2. The van der Waals surface area contributed by atoms with E-state index < -0.39 is 11.8 Å². The molecule has 2 aromatic heterocycles. The lowest BCUT2D eigenvalue weighted by molar-refractivity contribution is 0.262. The molecular weight excluding hydrogens is 323 g/mol. The van der Waals surface area contributed by atoms with Crippen molar-refractivity contribution in [3.8, 4) is 5.75 Å². The normalized spacial score (nSPS) is 10.1. The first-order valence-electron chi connectivity index (χ1n) is 7.51. The summed E-state index contributed by atoms with van der Waals surface area (Å²) in [6, 6.07) is 12.5. The van der Waals surface area contributed by atoms with E-state index in [0.717, 1.165) is 0 Å². The summed E-state index contributed by atoms with van der Waals surface area (Å²) in [4.78, 5) is 19.9. The Balaban J connectivity index is 1.58. The van der Waals surface area contributed by atoms with Gasteiger partial charge in [0.15, 0.2) is 11.6 Å². The first-order valence-corrected chi connectivity index (χ1v) is 7.51. The van der Waals surface area contributed by atoms with Gasteiger partial charge in [-0.3, -0.25) is 9.97 Å². The Morgan fingerprint density at radius 1 is 1.04 bits per heavy atom. The Kier molecular flexibility index (Phi) is 5.16. The predicted octanol–water partition coefficient (Wildman–Crippen LogP) is 3.84. The highest BCUT2D eigenvalue weighted by Crippen LogP contribution is 2.22. The van der Waals surface area contributed by atoms with Gasteiger partial charge in [0.2, 0.25) is 0 Å². The number of carbonyl (C=O) groups excluding carboxylic acids is 1. The molecule has 2 amide bonds. The average molecular weight is 338 g/mol. The number of anilines is 2. The number of carbonyl (C=O) groups is 1. The minimum Gasteiger partial charge on any atom is -0.484 e. The largest absolute Gasteiger partial charge is 0.484 e. The fourth-order valence-corrected chi connectivity index (χ4v) is 2.06. The van der Waals surface area contributed by atoms with Crippen molar-refractivity contribution in [3.05, 3.63) is 78.6 Å².